The maximum atomic E-state index is 13.1. The van der Waals surface area contributed by atoms with Crippen molar-refractivity contribution in [3.8, 4) is 11.3 Å². The van der Waals surface area contributed by atoms with Crippen molar-refractivity contribution >= 4 is 23.3 Å². The van der Waals surface area contributed by atoms with Crippen LogP contribution in [0.25, 0.3) is 11.3 Å². The van der Waals surface area contributed by atoms with Gasteiger partial charge >= 0.3 is 0 Å². The van der Waals surface area contributed by atoms with E-state index in [0.29, 0.717) is 46.5 Å². The molecule has 1 fully saturated rings. The van der Waals surface area contributed by atoms with E-state index in [2.05, 4.69) is 15.5 Å². The molecule has 3 aromatic rings. The number of hydrogen-bond donors (Lipinski definition) is 2. The van der Waals surface area contributed by atoms with Gasteiger partial charge in [-0.05, 0) is 38.0 Å². The molecular weight excluding hydrogens is 394 g/mol. The minimum Gasteiger partial charge on any atom is -0.381 e. The lowest BCUT2D eigenvalue weighted by Gasteiger charge is -2.22. The van der Waals surface area contributed by atoms with Crippen LogP contribution in [-0.4, -0.2) is 41.1 Å². The number of H-pyrrole nitrogens is 1. The number of halogens is 1. The van der Waals surface area contributed by atoms with Gasteiger partial charge in [-0.3, -0.25) is 9.59 Å². The highest BCUT2D eigenvalue weighted by atomic mass is 35.5. The minimum atomic E-state index is -0.268. The summed E-state index contributed by atoms with van der Waals surface area (Å²) in [6, 6.07) is 8.64. The Bertz CT molecular complexity index is 1030. The van der Waals surface area contributed by atoms with Crippen LogP contribution >= 0.6 is 11.6 Å². The third-order valence-electron chi connectivity index (χ3n) is 4.95. The second-order valence-corrected chi connectivity index (χ2v) is 7.40. The summed E-state index contributed by atoms with van der Waals surface area (Å²) in [6.07, 6.45) is 3.09. The summed E-state index contributed by atoms with van der Waals surface area (Å²) >= 11 is 5.95. The van der Waals surface area contributed by atoms with Gasteiger partial charge in [0, 0.05) is 41.6 Å². The van der Waals surface area contributed by atoms with Gasteiger partial charge in [0.25, 0.3) is 5.91 Å². The van der Waals surface area contributed by atoms with Crippen LogP contribution in [0.3, 0.4) is 0 Å². The Morgan fingerprint density at radius 2 is 1.93 bits per heavy atom. The van der Waals surface area contributed by atoms with Crippen LogP contribution in [-0.2, 0) is 4.74 Å². The maximum absolute atomic E-state index is 13.1. The van der Waals surface area contributed by atoms with Crippen LogP contribution < -0.4 is 5.32 Å². The highest BCUT2D eigenvalue weighted by Crippen LogP contribution is 2.28. The zero-order valence-corrected chi connectivity index (χ0v) is 16.6. The number of rotatable bonds is 5. The second-order valence-electron chi connectivity index (χ2n) is 6.96. The van der Waals surface area contributed by atoms with Crippen molar-refractivity contribution in [3.63, 3.8) is 0 Å². The molecular formula is C21H20ClN3O4. The minimum absolute atomic E-state index is 0.0792. The maximum Gasteiger partial charge on any atom is 0.267 e. The first kappa shape index (κ1) is 19.4. The summed E-state index contributed by atoms with van der Waals surface area (Å²) in [4.78, 5) is 28.5. The lowest BCUT2D eigenvalue weighted by Crippen LogP contribution is -2.39. The molecule has 1 aliphatic rings. The van der Waals surface area contributed by atoms with Crippen LogP contribution in [0.5, 0.6) is 0 Å². The van der Waals surface area contributed by atoms with Gasteiger partial charge in [-0.2, -0.15) is 0 Å². The van der Waals surface area contributed by atoms with Crippen molar-refractivity contribution in [1.82, 2.24) is 15.5 Å². The molecule has 2 aromatic heterocycles. The molecule has 0 unspecified atom stereocenters. The lowest BCUT2D eigenvalue weighted by molar-refractivity contribution is 0.0694. The van der Waals surface area contributed by atoms with Gasteiger partial charge in [-0.1, -0.05) is 28.9 Å². The third kappa shape index (κ3) is 4.11. The molecule has 2 N–H and O–H groups in total. The van der Waals surface area contributed by atoms with Crippen molar-refractivity contribution < 1.29 is 18.8 Å². The molecule has 29 heavy (non-hydrogen) atoms. The molecule has 0 radical (unpaired) electrons. The largest absolute Gasteiger partial charge is 0.381 e. The van der Waals surface area contributed by atoms with Crippen molar-refractivity contribution in [3.05, 3.63) is 64.1 Å². The zero-order chi connectivity index (χ0) is 20.4. The second kappa shape index (κ2) is 8.23. The Morgan fingerprint density at radius 3 is 2.66 bits per heavy atom. The van der Waals surface area contributed by atoms with Crippen molar-refractivity contribution in [2.75, 3.05) is 13.2 Å². The number of carbonyl (C=O) groups is 2. The van der Waals surface area contributed by atoms with E-state index in [1.54, 1.807) is 37.3 Å². The molecule has 0 saturated carbocycles. The Balaban J connectivity index is 1.56. The first-order chi connectivity index (χ1) is 14.0. The molecule has 0 aliphatic carbocycles. The van der Waals surface area contributed by atoms with E-state index in [9.17, 15) is 9.59 Å². The predicted octanol–water partition coefficient (Wildman–Crippen LogP) is 3.77. The van der Waals surface area contributed by atoms with E-state index in [1.807, 2.05) is 0 Å². The van der Waals surface area contributed by atoms with Gasteiger partial charge in [-0.15, -0.1) is 0 Å². The number of aromatic nitrogens is 2. The highest BCUT2D eigenvalue weighted by Gasteiger charge is 2.25. The van der Waals surface area contributed by atoms with Gasteiger partial charge in [0.15, 0.2) is 5.78 Å². The average molecular weight is 414 g/mol. The predicted molar refractivity (Wildman–Crippen MR) is 107 cm³/mol. The fourth-order valence-electron chi connectivity index (χ4n) is 3.35. The van der Waals surface area contributed by atoms with Crippen LogP contribution in [0, 0.1) is 6.92 Å². The summed E-state index contributed by atoms with van der Waals surface area (Å²) in [5.41, 5.74) is 2.23. The van der Waals surface area contributed by atoms with E-state index in [-0.39, 0.29) is 17.7 Å². The number of benzene rings is 1. The number of nitrogens with one attached hydrogen (secondary N) is 2. The quantitative estimate of drug-likeness (QED) is 0.620. The zero-order valence-electron chi connectivity index (χ0n) is 15.8. The van der Waals surface area contributed by atoms with Crippen molar-refractivity contribution in [2.45, 2.75) is 25.8 Å². The van der Waals surface area contributed by atoms with Crippen LogP contribution in [0.2, 0.25) is 5.02 Å². The Kier molecular flexibility index (Phi) is 5.51. The van der Waals surface area contributed by atoms with E-state index in [0.717, 1.165) is 18.4 Å². The number of ether oxygens (including phenoxy) is 1. The molecule has 1 aromatic carbocycles. The van der Waals surface area contributed by atoms with Gasteiger partial charge in [0.05, 0.1) is 5.56 Å². The fourth-order valence-corrected chi connectivity index (χ4v) is 3.48. The van der Waals surface area contributed by atoms with E-state index < -0.39 is 0 Å². The molecule has 0 atom stereocenters. The van der Waals surface area contributed by atoms with E-state index in [1.165, 1.54) is 6.20 Å². The number of aromatic amines is 1. The van der Waals surface area contributed by atoms with Gasteiger partial charge in [-0.25, -0.2) is 0 Å². The summed E-state index contributed by atoms with van der Waals surface area (Å²) in [5.74, 6) is -0.0969. The first-order valence-corrected chi connectivity index (χ1v) is 9.74. The van der Waals surface area contributed by atoms with Crippen molar-refractivity contribution in [2.24, 2.45) is 0 Å². The third-order valence-corrected chi connectivity index (χ3v) is 5.21. The first-order valence-electron chi connectivity index (χ1n) is 9.37. The Hall–Kier alpha value is -2.90. The molecule has 0 spiro atoms. The van der Waals surface area contributed by atoms with Crippen LogP contribution in [0.15, 0.2) is 41.1 Å². The summed E-state index contributed by atoms with van der Waals surface area (Å²) in [7, 11) is 0. The standard InChI is InChI=1S/C21H20ClN3O4/c1-12-18(19(25-29-12)13-2-4-15(22)5-3-13)20(26)14-10-17(23-11-14)21(27)24-16-6-8-28-9-7-16/h2-5,10-11,16,23H,6-9H2,1H3,(H,24,27). The number of ketones is 1. The summed E-state index contributed by atoms with van der Waals surface area (Å²) in [5, 5.41) is 7.60. The summed E-state index contributed by atoms with van der Waals surface area (Å²) < 4.78 is 10.6. The molecule has 1 saturated heterocycles. The monoisotopic (exact) mass is 413 g/mol. The lowest BCUT2D eigenvalue weighted by atomic mass is 9.99. The summed E-state index contributed by atoms with van der Waals surface area (Å²) in [6.45, 7) is 2.96. The van der Waals surface area contributed by atoms with Crippen LogP contribution in [0.1, 0.15) is 45.0 Å². The Morgan fingerprint density at radius 1 is 1.21 bits per heavy atom. The van der Waals surface area contributed by atoms with Crippen molar-refractivity contribution in [1.29, 1.82) is 0 Å². The molecule has 7 nitrogen and oxygen atoms in total. The van der Waals surface area contributed by atoms with E-state index in [4.69, 9.17) is 20.9 Å². The molecule has 1 aliphatic heterocycles. The molecule has 4 rings (SSSR count). The van der Waals surface area contributed by atoms with Gasteiger partial charge in [0.1, 0.15) is 17.1 Å². The topological polar surface area (TPSA) is 97.2 Å². The number of hydrogen-bond acceptors (Lipinski definition) is 5. The number of carbonyl (C=O) groups excluding carboxylic acids is 2. The average Bonchev–Trinajstić information content (AvgIpc) is 3.36. The van der Waals surface area contributed by atoms with Gasteiger partial charge < -0.3 is 19.6 Å². The normalized spacial score (nSPS) is 14.7. The molecule has 150 valence electrons. The van der Waals surface area contributed by atoms with E-state index >= 15 is 0 Å². The smallest absolute Gasteiger partial charge is 0.267 e. The number of nitrogens with zero attached hydrogens (tertiary/aromatic N) is 1. The highest BCUT2D eigenvalue weighted by molar-refractivity contribution is 6.30. The van der Waals surface area contributed by atoms with Crippen LogP contribution in [0.4, 0.5) is 0 Å². The number of aryl methyl sites for hydroxylation is 1. The SMILES string of the molecule is Cc1onc(-c2ccc(Cl)cc2)c1C(=O)c1c[nH]c(C(=O)NC2CCOCC2)c1. The number of amides is 1. The molecule has 8 heteroatoms. The van der Waals surface area contributed by atoms with Gasteiger partial charge in [0.2, 0.25) is 0 Å². The Labute approximate surface area is 172 Å². The molecule has 0 bridgehead atoms. The fraction of sp³-hybridized carbons (Fsp3) is 0.286. The molecule has 3 heterocycles. The molecule has 1 amide bonds.